The molecule has 1 atom stereocenters. The first-order valence-corrected chi connectivity index (χ1v) is 16.1. The van der Waals surface area contributed by atoms with Crippen LogP contribution in [-0.4, -0.2) is 77.3 Å². The predicted octanol–water partition coefficient (Wildman–Crippen LogP) is 4.53. The molecule has 0 aliphatic carbocycles. The number of benzene rings is 2. The van der Waals surface area contributed by atoms with Gasteiger partial charge in [0.25, 0.3) is 15.9 Å². The topological polar surface area (TPSA) is 121 Å². The minimum absolute atomic E-state index is 0.102. The van der Waals surface area contributed by atoms with E-state index in [2.05, 4.69) is 15.3 Å². The number of aromatic nitrogens is 3. The summed E-state index contributed by atoms with van der Waals surface area (Å²) in [7, 11) is -2.58. The number of hydrogen-bond acceptors (Lipinski definition) is 6. The van der Waals surface area contributed by atoms with Crippen LogP contribution >= 0.6 is 23.2 Å². The van der Waals surface area contributed by atoms with Gasteiger partial charge in [0.2, 0.25) is 5.95 Å². The Morgan fingerprint density at radius 2 is 1.66 bits per heavy atom. The summed E-state index contributed by atoms with van der Waals surface area (Å²) in [6.45, 7) is 2.37. The lowest BCUT2D eigenvalue weighted by Gasteiger charge is -2.34. The van der Waals surface area contributed by atoms with E-state index in [-0.39, 0.29) is 55.5 Å². The number of imidazole rings is 1. The van der Waals surface area contributed by atoms with Crippen LogP contribution in [0.4, 0.5) is 16.4 Å². The summed E-state index contributed by atoms with van der Waals surface area (Å²) in [5, 5.41) is 3.10. The molecule has 0 spiro atoms. The van der Waals surface area contributed by atoms with Crippen LogP contribution in [0.25, 0.3) is 11.1 Å². The lowest BCUT2D eigenvalue weighted by Crippen LogP contribution is -2.53. The van der Waals surface area contributed by atoms with Gasteiger partial charge in [-0.25, -0.2) is 23.1 Å². The minimum atomic E-state index is -4.11. The van der Waals surface area contributed by atoms with Crippen LogP contribution in [0.3, 0.4) is 0 Å². The largest absolute Gasteiger partial charge is 0.341 e. The fourth-order valence-electron chi connectivity index (χ4n) is 5.78. The molecule has 4 aromatic rings. The number of carbonyl (C=O) groups is 2. The first-order chi connectivity index (χ1) is 21.0. The number of carbonyl (C=O) groups excluding carboxylic acids is 2. The lowest BCUT2D eigenvalue weighted by molar-refractivity contribution is -0.124. The molecule has 1 fully saturated rings. The SMILES string of the molecule is CNC(=O)N1CCN(S(=O)(=O)c2cnc3n2C(C)(Cc2ccc(-c4cccnc4)cc2)C(=O)N3c2cc(Cl)cc(Cl)c2)CC1. The smallest absolute Gasteiger partial charge is 0.317 e. The van der Waals surface area contributed by atoms with Crippen molar-refractivity contribution in [1.29, 1.82) is 0 Å². The maximum atomic E-state index is 14.4. The fourth-order valence-corrected chi connectivity index (χ4v) is 7.90. The molecule has 0 bridgehead atoms. The molecular weight excluding hydrogens is 625 g/mol. The van der Waals surface area contributed by atoms with Gasteiger partial charge in [-0.2, -0.15) is 4.31 Å². The number of hydrogen-bond donors (Lipinski definition) is 1. The molecule has 2 aliphatic rings. The van der Waals surface area contributed by atoms with E-state index in [4.69, 9.17) is 23.2 Å². The number of nitrogens with one attached hydrogen (secondary N) is 1. The standard InChI is InChI=1S/C30H29Cl2N7O4S/c1-30(17-20-5-7-21(8-6-20)22-4-3-9-34-18-22)27(40)38(25-15-23(31)14-24(32)16-25)28-35-19-26(39(28)30)44(42,43)37-12-10-36(11-13-37)29(41)33-2/h3-9,14-16,18-19H,10-13,17H2,1-2H3,(H,33,41). The van der Waals surface area contributed by atoms with E-state index in [1.165, 1.54) is 27.0 Å². The van der Waals surface area contributed by atoms with E-state index in [1.807, 2.05) is 36.4 Å². The van der Waals surface area contributed by atoms with Crippen LogP contribution in [0.5, 0.6) is 0 Å². The summed E-state index contributed by atoms with van der Waals surface area (Å²) in [4.78, 5) is 38.0. The number of nitrogens with zero attached hydrogens (tertiary/aromatic N) is 6. The number of anilines is 2. The van der Waals surface area contributed by atoms with Crippen molar-refractivity contribution in [3.8, 4) is 11.1 Å². The van der Waals surface area contributed by atoms with Crippen molar-refractivity contribution in [3.63, 3.8) is 0 Å². The molecule has 0 saturated carbocycles. The Morgan fingerprint density at radius 3 is 2.27 bits per heavy atom. The Morgan fingerprint density at radius 1 is 0.977 bits per heavy atom. The van der Waals surface area contributed by atoms with Crippen molar-refractivity contribution >= 4 is 56.8 Å². The maximum absolute atomic E-state index is 14.4. The minimum Gasteiger partial charge on any atom is -0.341 e. The molecule has 2 aliphatic heterocycles. The average Bonchev–Trinajstić information content (AvgIpc) is 3.55. The predicted molar refractivity (Wildman–Crippen MR) is 168 cm³/mol. The zero-order valence-corrected chi connectivity index (χ0v) is 26.3. The second kappa shape index (κ2) is 11.5. The van der Waals surface area contributed by atoms with Gasteiger partial charge in [0.1, 0.15) is 5.54 Å². The van der Waals surface area contributed by atoms with E-state index < -0.39 is 15.6 Å². The number of rotatable bonds is 6. The molecule has 1 saturated heterocycles. The molecule has 1 unspecified atom stereocenters. The lowest BCUT2D eigenvalue weighted by atomic mass is 9.91. The molecule has 0 radical (unpaired) electrons. The average molecular weight is 655 g/mol. The van der Waals surface area contributed by atoms with Crippen LogP contribution in [0.2, 0.25) is 10.0 Å². The van der Waals surface area contributed by atoms with Gasteiger partial charge >= 0.3 is 6.03 Å². The highest BCUT2D eigenvalue weighted by Crippen LogP contribution is 2.45. The van der Waals surface area contributed by atoms with Crippen LogP contribution in [0.1, 0.15) is 12.5 Å². The number of piperazine rings is 1. The first kappa shape index (κ1) is 30.1. The van der Waals surface area contributed by atoms with Crippen LogP contribution < -0.4 is 10.2 Å². The molecule has 6 rings (SSSR count). The number of halogens is 2. The van der Waals surface area contributed by atoms with E-state index in [9.17, 15) is 18.0 Å². The van der Waals surface area contributed by atoms with E-state index in [0.29, 0.717) is 15.7 Å². The van der Waals surface area contributed by atoms with Crippen molar-refractivity contribution in [2.45, 2.75) is 23.9 Å². The Labute approximate surface area is 265 Å². The zero-order chi connectivity index (χ0) is 31.2. The Hall–Kier alpha value is -3.97. The summed E-state index contributed by atoms with van der Waals surface area (Å²) >= 11 is 12.6. The second-order valence-electron chi connectivity index (χ2n) is 10.8. The molecule has 2 aromatic heterocycles. The van der Waals surface area contributed by atoms with Gasteiger partial charge in [-0.15, -0.1) is 0 Å². The first-order valence-electron chi connectivity index (χ1n) is 13.9. The normalized spacial score (nSPS) is 18.9. The second-order valence-corrected chi connectivity index (χ2v) is 13.6. The number of sulfonamides is 1. The third-order valence-electron chi connectivity index (χ3n) is 8.01. The number of amides is 3. The monoisotopic (exact) mass is 653 g/mol. The molecular formula is C30H29Cl2N7O4S. The fraction of sp³-hybridized carbons (Fsp3) is 0.267. The van der Waals surface area contributed by atoms with E-state index in [1.54, 1.807) is 42.4 Å². The van der Waals surface area contributed by atoms with Gasteiger partial charge in [-0.05, 0) is 47.9 Å². The Bertz CT molecular complexity index is 1820. The molecule has 1 N–H and O–H groups in total. The van der Waals surface area contributed by atoms with Gasteiger partial charge in [0.05, 0.1) is 11.9 Å². The Kier molecular flexibility index (Phi) is 7.87. The Balaban J connectivity index is 1.41. The molecule has 2 aromatic carbocycles. The van der Waals surface area contributed by atoms with Crippen molar-refractivity contribution < 1.29 is 18.0 Å². The summed E-state index contributed by atoms with van der Waals surface area (Å²) in [5.74, 6) is -0.235. The number of urea groups is 1. The van der Waals surface area contributed by atoms with E-state index >= 15 is 0 Å². The summed E-state index contributed by atoms with van der Waals surface area (Å²) in [6, 6.07) is 16.0. The third kappa shape index (κ3) is 5.21. The van der Waals surface area contributed by atoms with Crippen LogP contribution in [0, 0.1) is 0 Å². The van der Waals surface area contributed by atoms with Gasteiger partial charge in [0, 0.05) is 62.1 Å². The third-order valence-corrected chi connectivity index (χ3v) is 10.3. The molecule has 44 heavy (non-hydrogen) atoms. The van der Waals surface area contributed by atoms with Crippen molar-refractivity contribution in [2.75, 3.05) is 38.1 Å². The van der Waals surface area contributed by atoms with Crippen molar-refractivity contribution in [1.82, 2.24) is 29.1 Å². The van der Waals surface area contributed by atoms with Crippen molar-refractivity contribution in [2.24, 2.45) is 0 Å². The molecule has 4 heterocycles. The van der Waals surface area contributed by atoms with Gasteiger partial charge in [-0.3, -0.25) is 14.3 Å². The zero-order valence-electron chi connectivity index (χ0n) is 23.9. The van der Waals surface area contributed by atoms with E-state index in [0.717, 1.165) is 16.7 Å². The van der Waals surface area contributed by atoms with Crippen LogP contribution in [-0.2, 0) is 26.8 Å². The molecule has 11 nitrogen and oxygen atoms in total. The highest BCUT2D eigenvalue weighted by atomic mass is 35.5. The maximum Gasteiger partial charge on any atom is 0.317 e. The van der Waals surface area contributed by atoms with Gasteiger partial charge in [0.15, 0.2) is 5.03 Å². The summed E-state index contributed by atoms with van der Waals surface area (Å²) < 4.78 is 31.1. The van der Waals surface area contributed by atoms with Crippen LogP contribution in [0.15, 0.2) is 78.2 Å². The summed E-state index contributed by atoms with van der Waals surface area (Å²) in [5.41, 5.74) is 1.73. The molecule has 228 valence electrons. The number of pyridine rings is 1. The quantitative estimate of drug-likeness (QED) is 0.326. The number of fused-ring (bicyclic) bond motifs is 1. The van der Waals surface area contributed by atoms with Crippen molar-refractivity contribution in [3.05, 3.63) is 88.8 Å². The molecule has 3 amide bonds. The highest BCUT2D eigenvalue weighted by molar-refractivity contribution is 7.89. The highest BCUT2D eigenvalue weighted by Gasteiger charge is 2.52. The van der Waals surface area contributed by atoms with Gasteiger partial charge < -0.3 is 10.2 Å². The summed E-state index contributed by atoms with van der Waals surface area (Å²) in [6.07, 6.45) is 4.94. The molecule has 14 heteroatoms. The van der Waals surface area contributed by atoms with Gasteiger partial charge in [-0.1, -0.05) is 53.5 Å².